The van der Waals surface area contributed by atoms with Crippen LogP contribution in [0.25, 0.3) is 6.08 Å². The van der Waals surface area contributed by atoms with Crippen LogP contribution in [0.15, 0.2) is 57.9 Å². The summed E-state index contributed by atoms with van der Waals surface area (Å²) in [7, 11) is 0. The minimum absolute atomic E-state index is 0.135. The van der Waals surface area contributed by atoms with Gasteiger partial charge in [0, 0.05) is 23.1 Å². The molecular formula is C20H17BrN2O3S. The number of aryl methyl sites for hydroxylation is 1. The van der Waals surface area contributed by atoms with Gasteiger partial charge in [0.05, 0.1) is 4.91 Å². The summed E-state index contributed by atoms with van der Waals surface area (Å²) in [5.41, 5.74) is 2.51. The van der Waals surface area contributed by atoms with Crippen LogP contribution in [-0.4, -0.2) is 35.0 Å². The number of carbonyl (C=O) groups excluding carboxylic acids is 3. The molecule has 0 saturated carbocycles. The van der Waals surface area contributed by atoms with Gasteiger partial charge in [-0.15, -0.1) is 0 Å². The minimum Gasteiger partial charge on any atom is -0.350 e. The monoisotopic (exact) mass is 444 g/mol. The van der Waals surface area contributed by atoms with E-state index < -0.39 is 0 Å². The lowest BCUT2D eigenvalue weighted by molar-refractivity contribution is -0.122. The molecule has 138 valence electrons. The number of nitrogens with one attached hydrogen (secondary N) is 1. The Bertz CT molecular complexity index is 925. The number of nitrogens with zero attached hydrogens (tertiary/aromatic N) is 1. The number of hydrogen-bond donors (Lipinski definition) is 1. The van der Waals surface area contributed by atoms with Gasteiger partial charge < -0.3 is 5.32 Å². The largest absolute Gasteiger partial charge is 0.350 e. The van der Waals surface area contributed by atoms with Crippen LogP contribution < -0.4 is 5.32 Å². The van der Waals surface area contributed by atoms with E-state index in [0.717, 1.165) is 32.3 Å². The molecule has 1 heterocycles. The van der Waals surface area contributed by atoms with Gasteiger partial charge in [-0.1, -0.05) is 51.8 Å². The molecule has 3 amide bonds. The van der Waals surface area contributed by atoms with Gasteiger partial charge in [0.1, 0.15) is 0 Å². The van der Waals surface area contributed by atoms with E-state index in [4.69, 9.17) is 0 Å². The van der Waals surface area contributed by atoms with Crippen LogP contribution in [0.5, 0.6) is 0 Å². The molecule has 1 aliphatic heterocycles. The lowest BCUT2D eigenvalue weighted by Crippen LogP contribution is -2.37. The first kappa shape index (κ1) is 19.4. The number of halogens is 1. The van der Waals surface area contributed by atoms with Gasteiger partial charge in [-0.25, -0.2) is 0 Å². The topological polar surface area (TPSA) is 66.5 Å². The lowest BCUT2D eigenvalue weighted by atomic mass is 10.1. The number of imide groups is 1. The fourth-order valence-corrected chi connectivity index (χ4v) is 3.78. The molecule has 0 aromatic heterocycles. The Labute approximate surface area is 169 Å². The summed E-state index contributed by atoms with van der Waals surface area (Å²) < 4.78 is 0.808. The number of amides is 3. The van der Waals surface area contributed by atoms with Crippen molar-refractivity contribution in [2.75, 3.05) is 13.1 Å². The first-order chi connectivity index (χ1) is 12.9. The van der Waals surface area contributed by atoms with Gasteiger partial charge in [-0.2, -0.15) is 0 Å². The summed E-state index contributed by atoms with van der Waals surface area (Å²) in [5.74, 6) is -0.583. The molecule has 0 atom stereocenters. The zero-order valence-corrected chi connectivity index (χ0v) is 17.0. The summed E-state index contributed by atoms with van der Waals surface area (Å²) >= 11 is 4.24. The highest BCUT2D eigenvalue weighted by Gasteiger charge is 2.34. The first-order valence-electron chi connectivity index (χ1n) is 8.30. The quantitative estimate of drug-likeness (QED) is 0.700. The van der Waals surface area contributed by atoms with E-state index in [9.17, 15) is 14.4 Å². The molecule has 0 bridgehead atoms. The molecule has 1 N–H and O–H groups in total. The van der Waals surface area contributed by atoms with Crippen LogP contribution in [-0.2, 0) is 4.79 Å². The normalized spacial score (nSPS) is 15.5. The fourth-order valence-electron chi connectivity index (χ4n) is 2.52. The van der Waals surface area contributed by atoms with Crippen molar-refractivity contribution in [3.05, 3.63) is 74.6 Å². The van der Waals surface area contributed by atoms with Crippen LogP contribution in [0.4, 0.5) is 4.79 Å². The maximum absolute atomic E-state index is 12.5. The van der Waals surface area contributed by atoms with Gasteiger partial charge in [-0.05, 0) is 48.5 Å². The van der Waals surface area contributed by atoms with Crippen molar-refractivity contribution in [3.63, 3.8) is 0 Å². The Kier molecular flexibility index (Phi) is 6.13. The van der Waals surface area contributed by atoms with E-state index in [1.54, 1.807) is 24.3 Å². The molecule has 0 aliphatic carbocycles. The predicted octanol–water partition coefficient (Wildman–Crippen LogP) is 4.22. The zero-order chi connectivity index (χ0) is 19.4. The average molecular weight is 445 g/mol. The molecule has 1 saturated heterocycles. The minimum atomic E-state index is -0.331. The van der Waals surface area contributed by atoms with Crippen molar-refractivity contribution in [2.24, 2.45) is 0 Å². The third-order valence-corrected chi connectivity index (χ3v) is 5.36. The number of hydrogen-bond acceptors (Lipinski definition) is 4. The molecule has 7 heteroatoms. The Morgan fingerprint density at radius 1 is 1.19 bits per heavy atom. The van der Waals surface area contributed by atoms with Crippen LogP contribution in [0.3, 0.4) is 0 Å². The van der Waals surface area contributed by atoms with Crippen molar-refractivity contribution in [1.29, 1.82) is 0 Å². The average Bonchev–Trinajstić information content (AvgIpc) is 2.91. The van der Waals surface area contributed by atoms with Gasteiger partial charge in [0.15, 0.2) is 0 Å². The highest BCUT2D eigenvalue weighted by atomic mass is 79.9. The Morgan fingerprint density at radius 2 is 1.93 bits per heavy atom. The van der Waals surface area contributed by atoms with E-state index in [2.05, 4.69) is 21.2 Å². The van der Waals surface area contributed by atoms with Crippen molar-refractivity contribution in [2.45, 2.75) is 6.92 Å². The summed E-state index contributed by atoms with van der Waals surface area (Å²) in [6, 6.07) is 14.7. The molecule has 5 nitrogen and oxygen atoms in total. The zero-order valence-electron chi connectivity index (χ0n) is 14.6. The molecule has 2 aromatic rings. The molecule has 0 radical (unpaired) electrons. The number of benzene rings is 2. The van der Waals surface area contributed by atoms with Crippen molar-refractivity contribution in [3.8, 4) is 0 Å². The summed E-state index contributed by atoms with van der Waals surface area (Å²) in [5, 5.41) is 2.41. The summed E-state index contributed by atoms with van der Waals surface area (Å²) in [4.78, 5) is 38.3. The maximum atomic E-state index is 12.5. The Morgan fingerprint density at radius 3 is 2.63 bits per heavy atom. The number of carbonyl (C=O) groups is 3. The smallest absolute Gasteiger partial charge is 0.293 e. The third kappa shape index (κ3) is 4.87. The second-order valence-corrected chi connectivity index (χ2v) is 7.92. The second-order valence-electron chi connectivity index (χ2n) is 6.01. The van der Waals surface area contributed by atoms with Crippen LogP contribution >= 0.6 is 27.7 Å². The highest BCUT2D eigenvalue weighted by Crippen LogP contribution is 2.31. The van der Waals surface area contributed by atoms with E-state index in [-0.39, 0.29) is 30.1 Å². The standard InChI is InChI=1S/C20H17BrN2O3S/c1-13-5-7-14(8-6-13)11-17-19(25)23(20(26)27-17)10-9-22-18(24)15-3-2-4-16(21)12-15/h2-8,11-12H,9-10H2,1H3,(H,22,24). The molecule has 1 fully saturated rings. The fraction of sp³-hybridized carbons (Fsp3) is 0.150. The van der Waals surface area contributed by atoms with Gasteiger partial charge in [0.2, 0.25) is 0 Å². The van der Waals surface area contributed by atoms with Crippen molar-refractivity contribution < 1.29 is 14.4 Å². The van der Waals surface area contributed by atoms with E-state index in [1.807, 2.05) is 37.3 Å². The van der Waals surface area contributed by atoms with Crippen molar-refractivity contribution in [1.82, 2.24) is 10.2 Å². The molecule has 27 heavy (non-hydrogen) atoms. The van der Waals surface area contributed by atoms with Gasteiger partial charge in [0.25, 0.3) is 17.1 Å². The van der Waals surface area contributed by atoms with E-state index in [0.29, 0.717) is 10.5 Å². The second kappa shape index (κ2) is 8.54. The number of rotatable bonds is 5. The number of thioether (sulfide) groups is 1. The molecule has 3 rings (SSSR count). The maximum Gasteiger partial charge on any atom is 0.293 e. The molecular weight excluding hydrogens is 428 g/mol. The Balaban J connectivity index is 1.59. The predicted molar refractivity (Wildman–Crippen MR) is 110 cm³/mol. The van der Waals surface area contributed by atoms with E-state index in [1.165, 1.54) is 0 Å². The lowest BCUT2D eigenvalue weighted by Gasteiger charge is -2.13. The van der Waals surface area contributed by atoms with Crippen LogP contribution in [0, 0.1) is 6.92 Å². The summed E-state index contributed by atoms with van der Waals surface area (Å²) in [6.07, 6.45) is 1.71. The van der Waals surface area contributed by atoms with Gasteiger partial charge in [-0.3, -0.25) is 19.3 Å². The summed E-state index contributed by atoms with van der Waals surface area (Å²) in [6.45, 7) is 2.32. The SMILES string of the molecule is Cc1ccc(C=C2SC(=O)N(CCNC(=O)c3cccc(Br)c3)C2=O)cc1. The van der Waals surface area contributed by atoms with Crippen LogP contribution in [0.2, 0.25) is 0 Å². The van der Waals surface area contributed by atoms with E-state index >= 15 is 0 Å². The first-order valence-corrected chi connectivity index (χ1v) is 9.91. The Hall–Kier alpha value is -2.38. The molecule has 2 aromatic carbocycles. The highest BCUT2D eigenvalue weighted by molar-refractivity contribution is 9.10. The molecule has 1 aliphatic rings. The van der Waals surface area contributed by atoms with Crippen molar-refractivity contribution >= 4 is 50.8 Å². The van der Waals surface area contributed by atoms with Crippen LogP contribution in [0.1, 0.15) is 21.5 Å². The third-order valence-electron chi connectivity index (χ3n) is 3.96. The molecule has 0 spiro atoms. The molecule has 0 unspecified atom stereocenters. The van der Waals surface area contributed by atoms with Gasteiger partial charge >= 0.3 is 0 Å².